The average molecular weight is 262 g/mol. The number of hydrogen-bond acceptors (Lipinski definition) is 6. The smallest absolute Gasteiger partial charge is 0.177 e. The van der Waals surface area contributed by atoms with Gasteiger partial charge in [0.15, 0.2) is 23.4 Å². The van der Waals surface area contributed by atoms with Gasteiger partial charge in [-0.2, -0.15) is 4.80 Å². The first kappa shape index (κ1) is 11.9. The predicted molar refractivity (Wildman–Crippen MR) is 64.9 cm³/mol. The molecule has 0 bridgehead atoms. The maximum absolute atomic E-state index is 10.1. The lowest BCUT2D eigenvalue weighted by atomic mass is 10.1. The largest absolute Gasteiger partial charge is 0.486 e. The summed E-state index contributed by atoms with van der Waals surface area (Å²) in [6.07, 6.45) is -0.888. The van der Waals surface area contributed by atoms with E-state index in [1.54, 1.807) is 7.05 Å². The van der Waals surface area contributed by atoms with Gasteiger partial charge in [0.2, 0.25) is 0 Å². The summed E-state index contributed by atoms with van der Waals surface area (Å²) in [5.74, 6) is 1.82. The van der Waals surface area contributed by atoms with Gasteiger partial charge in [0.1, 0.15) is 12.7 Å². The summed E-state index contributed by atoms with van der Waals surface area (Å²) in [6, 6.07) is 7.39. The molecule has 0 saturated carbocycles. The van der Waals surface area contributed by atoms with Crippen molar-refractivity contribution in [1.29, 1.82) is 0 Å². The lowest BCUT2D eigenvalue weighted by molar-refractivity contribution is -0.0103. The Morgan fingerprint density at radius 3 is 2.95 bits per heavy atom. The van der Waals surface area contributed by atoms with Crippen molar-refractivity contribution in [3.63, 3.8) is 0 Å². The summed E-state index contributed by atoms with van der Waals surface area (Å²) in [6.45, 7) is 0.304. The van der Waals surface area contributed by atoms with Crippen LogP contribution >= 0.6 is 0 Å². The second-order valence-corrected chi connectivity index (χ2v) is 4.38. The van der Waals surface area contributed by atoms with Crippen LogP contribution in [0.15, 0.2) is 24.3 Å². The van der Waals surface area contributed by atoms with Crippen molar-refractivity contribution in [2.45, 2.75) is 18.6 Å². The van der Waals surface area contributed by atoms with Gasteiger partial charge >= 0.3 is 0 Å². The van der Waals surface area contributed by atoms with E-state index in [1.165, 1.54) is 4.80 Å². The SMILES string of the molecule is Cn1nnc(CC(O)C2COc3ccccc3O2)n1. The van der Waals surface area contributed by atoms with E-state index >= 15 is 0 Å². The molecule has 2 heterocycles. The molecule has 2 aromatic rings. The molecule has 1 aliphatic rings. The van der Waals surface area contributed by atoms with Crippen LogP contribution in [-0.4, -0.2) is 44.1 Å². The second-order valence-electron chi connectivity index (χ2n) is 4.38. The average Bonchev–Trinajstić information content (AvgIpc) is 2.83. The van der Waals surface area contributed by atoms with Crippen LogP contribution in [0.1, 0.15) is 5.82 Å². The Hall–Kier alpha value is -2.15. The van der Waals surface area contributed by atoms with E-state index in [-0.39, 0.29) is 6.42 Å². The molecule has 7 heteroatoms. The van der Waals surface area contributed by atoms with Crippen molar-refractivity contribution in [2.24, 2.45) is 7.05 Å². The van der Waals surface area contributed by atoms with Crippen molar-refractivity contribution in [3.8, 4) is 11.5 Å². The Morgan fingerprint density at radius 1 is 1.42 bits per heavy atom. The number of tetrazole rings is 1. The zero-order valence-corrected chi connectivity index (χ0v) is 10.4. The van der Waals surface area contributed by atoms with Crippen LogP contribution in [0.3, 0.4) is 0 Å². The zero-order valence-electron chi connectivity index (χ0n) is 10.4. The number of aliphatic hydroxyl groups excluding tert-OH is 1. The van der Waals surface area contributed by atoms with Crippen molar-refractivity contribution in [1.82, 2.24) is 20.2 Å². The molecule has 0 saturated heterocycles. The fraction of sp³-hybridized carbons (Fsp3) is 0.417. The van der Waals surface area contributed by atoms with Crippen LogP contribution in [0.25, 0.3) is 0 Å². The number of hydrogen-bond donors (Lipinski definition) is 1. The topological polar surface area (TPSA) is 82.3 Å². The number of aliphatic hydroxyl groups is 1. The van der Waals surface area contributed by atoms with Gasteiger partial charge in [-0.25, -0.2) is 0 Å². The normalized spacial score (nSPS) is 19.2. The first-order valence-corrected chi connectivity index (χ1v) is 6.02. The monoisotopic (exact) mass is 262 g/mol. The highest BCUT2D eigenvalue weighted by Crippen LogP contribution is 2.31. The van der Waals surface area contributed by atoms with Crippen molar-refractivity contribution in [2.75, 3.05) is 6.61 Å². The molecule has 1 N–H and O–H groups in total. The molecule has 7 nitrogen and oxygen atoms in total. The Labute approximate surface area is 109 Å². The molecule has 2 unspecified atom stereocenters. The van der Waals surface area contributed by atoms with E-state index in [4.69, 9.17) is 9.47 Å². The van der Waals surface area contributed by atoms with Gasteiger partial charge in [0, 0.05) is 6.42 Å². The van der Waals surface area contributed by atoms with Gasteiger partial charge in [-0.3, -0.25) is 0 Å². The van der Waals surface area contributed by atoms with Crippen LogP contribution in [0, 0.1) is 0 Å². The van der Waals surface area contributed by atoms with Gasteiger partial charge in [-0.15, -0.1) is 10.2 Å². The number of benzene rings is 1. The standard InChI is InChI=1S/C12H14N4O3/c1-16-14-12(13-15-16)6-8(17)11-7-18-9-4-2-3-5-10(9)19-11/h2-5,8,11,17H,6-7H2,1H3. The second kappa shape index (κ2) is 4.85. The third-order valence-corrected chi connectivity index (χ3v) is 2.90. The van der Waals surface area contributed by atoms with Gasteiger partial charge in [-0.1, -0.05) is 12.1 Å². The molecule has 1 aromatic heterocycles. The van der Waals surface area contributed by atoms with Crippen LogP contribution in [0.4, 0.5) is 0 Å². The fourth-order valence-corrected chi connectivity index (χ4v) is 1.95. The summed E-state index contributed by atoms with van der Waals surface area (Å²) in [7, 11) is 1.68. The van der Waals surface area contributed by atoms with Crippen LogP contribution in [-0.2, 0) is 13.5 Å². The molecule has 0 aliphatic carbocycles. The molecule has 1 aliphatic heterocycles. The maximum Gasteiger partial charge on any atom is 0.177 e. The van der Waals surface area contributed by atoms with Crippen molar-refractivity contribution < 1.29 is 14.6 Å². The first-order chi connectivity index (χ1) is 9.22. The summed E-state index contributed by atoms with van der Waals surface area (Å²) in [5, 5.41) is 21.7. The number of aryl methyl sites for hydroxylation is 1. The van der Waals surface area contributed by atoms with Crippen LogP contribution in [0.2, 0.25) is 0 Å². The minimum atomic E-state index is -0.738. The van der Waals surface area contributed by atoms with Crippen molar-refractivity contribution in [3.05, 3.63) is 30.1 Å². The lowest BCUT2D eigenvalue weighted by Gasteiger charge is -2.29. The molecular weight excluding hydrogens is 248 g/mol. The number of fused-ring (bicyclic) bond motifs is 1. The van der Waals surface area contributed by atoms with Gasteiger partial charge in [0.25, 0.3) is 0 Å². The summed E-state index contributed by atoms with van der Waals surface area (Å²) in [4.78, 5) is 1.36. The fourth-order valence-electron chi connectivity index (χ4n) is 1.95. The van der Waals surface area contributed by atoms with E-state index in [2.05, 4.69) is 15.4 Å². The molecule has 0 amide bonds. The summed E-state index contributed by atoms with van der Waals surface area (Å²) >= 11 is 0. The number of ether oxygens (including phenoxy) is 2. The van der Waals surface area contributed by atoms with Crippen LogP contribution in [0.5, 0.6) is 11.5 Å². The number of aromatic nitrogens is 4. The van der Waals surface area contributed by atoms with Gasteiger partial charge in [0.05, 0.1) is 7.05 Å². The number of para-hydroxylation sites is 2. The molecule has 3 rings (SSSR count). The van der Waals surface area contributed by atoms with E-state index in [0.717, 1.165) is 0 Å². The quantitative estimate of drug-likeness (QED) is 0.835. The highest BCUT2D eigenvalue weighted by atomic mass is 16.6. The maximum atomic E-state index is 10.1. The number of nitrogens with zero attached hydrogens (tertiary/aromatic N) is 4. The predicted octanol–water partition coefficient (Wildman–Crippen LogP) is -0.0465. The highest BCUT2D eigenvalue weighted by molar-refractivity contribution is 5.40. The Morgan fingerprint density at radius 2 is 2.21 bits per heavy atom. The first-order valence-electron chi connectivity index (χ1n) is 6.02. The molecular formula is C12H14N4O3. The van der Waals surface area contributed by atoms with E-state index < -0.39 is 12.2 Å². The highest BCUT2D eigenvalue weighted by Gasteiger charge is 2.28. The zero-order chi connectivity index (χ0) is 13.2. The number of rotatable bonds is 3. The van der Waals surface area contributed by atoms with Gasteiger partial charge < -0.3 is 14.6 Å². The van der Waals surface area contributed by atoms with Crippen molar-refractivity contribution >= 4 is 0 Å². The Balaban J connectivity index is 1.67. The third kappa shape index (κ3) is 2.50. The lowest BCUT2D eigenvalue weighted by Crippen LogP contribution is -2.41. The Kier molecular flexibility index (Phi) is 3.04. The Bertz CT molecular complexity index is 572. The summed E-state index contributed by atoms with van der Waals surface area (Å²) < 4.78 is 11.3. The molecule has 0 fully saturated rings. The molecule has 0 spiro atoms. The van der Waals surface area contributed by atoms with E-state index in [0.29, 0.717) is 23.9 Å². The minimum absolute atomic E-state index is 0.282. The van der Waals surface area contributed by atoms with Crippen LogP contribution < -0.4 is 9.47 Å². The van der Waals surface area contributed by atoms with E-state index in [9.17, 15) is 5.11 Å². The molecule has 0 radical (unpaired) electrons. The molecule has 2 atom stereocenters. The summed E-state index contributed by atoms with van der Waals surface area (Å²) in [5.41, 5.74) is 0. The molecule has 1 aromatic carbocycles. The van der Waals surface area contributed by atoms with E-state index in [1.807, 2.05) is 24.3 Å². The molecule has 19 heavy (non-hydrogen) atoms. The third-order valence-electron chi connectivity index (χ3n) is 2.90. The van der Waals surface area contributed by atoms with Gasteiger partial charge in [-0.05, 0) is 17.3 Å². The molecule has 100 valence electrons. The minimum Gasteiger partial charge on any atom is -0.486 e.